The number of nitrogens with zero attached hydrogens (tertiary/aromatic N) is 3. The van der Waals surface area contributed by atoms with Crippen LogP contribution in [0.1, 0.15) is 34.8 Å². The SMILES string of the molecule is C[C@H](NC(=O)c1ccc(COc2ccccc2)o1)c1ccc(-n2cncn2)cc1. The van der Waals surface area contributed by atoms with Crippen LogP contribution >= 0.6 is 0 Å². The summed E-state index contributed by atoms with van der Waals surface area (Å²) in [5.74, 6) is 1.31. The van der Waals surface area contributed by atoms with Crippen LogP contribution in [0.15, 0.2) is 83.8 Å². The predicted molar refractivity (Wildman–Crippen MR) is 107 cm³/mol. The zero-order valence-corrected chi connectivity index (χ0v) is 15.9. The van der Waals surface area contributed by atoms with Gasteiger partial charge in [-0.3, -0.25) is 4.79 Å². The second-order valence-corrected chi connectivity index (χ2v) is 6.49. The number of carbonyl (C=O) groups is 1. The molecular weight excluding hydrogens is 368 g/mol. The van der Waals surface area contributed by atoms with Gasteiger partial charge in [-0.15, -0.1) is 0 Å². The molecule has 4 rings (SSSR count). The van der Waals surface area contributed by atoms with Gasteiger partial charge >= 0.3 is 0 Å². The molecule has 2 aromatic heterocycles. The predicted octanol–water partition coefficient (Wildman–Crippen LogP) is 3.93. The van der Waals surface area contributed by atoms with E-state index >= 15 is 0 Å². The summed E-state index contributed by atoms with van der Waals surface area (Å²) >= 11 is 0. The lowest BCUT2D eigenvalue weighted by Crippen LogP contribution is -2.26. The Hall–Kier alpha value is -3.87. The molecule has 0 saturated carbocycles. The number of amides is 1. The highest BCUT2D eigenvalue weighted by molar-refractivity contribution is 5.91. The molecule has 2 heterocycles. The van der Waals surface area contributed by atoms with Gasteiger partial charge in [0.15, 0.2) is 5.76 Å². The van der Waals surface area contributed by atoms with E-state index in [1.54, 1.807) is 23.1 Å². The Kier molecular flexibility index (Phi) is 5.38. The molecule has 0 bridgehead atoms. The smallest absolute Gasteiger partial charge is 0.287 e. The van der Waals surface area contributed by atoms with Gasteiger partial charge in [0.1, 0.15) is 30.8 Å². The molecule has 0 saturated heterocycles. The molecule has 0 aliphatic carbocycles. The van der Waals surface area contributed by atoms with E-state index in [4.69, 9.17) is 9.15 Å². The van der Waals surface area contributed by atoms with Crippen LogP contribution in [-0.4, -0.2) is 20.7 Å². The number of nitrogens with one attached hydrogen (secondary N) is 1. The minimum absolute atomic E-state index is 0.179. The van der Waals surface area contributed by atoms with Gasteiger partial charge in [0, 0.05) is 0 Å². The Morgan fingerprint density at radius 1 is 1.10 bits per heavy atom. The van der Waals surface area contributed by atoms with Crippen LogP contribution < -0.4 is 10.1 Å². The van der Waals surface area contributed by atoms with E-state index in [1.165, 1.54) is 6.33 Å². The molecule has 4 aromatic rings. The Morgan fingerprint density at radius 2 is 1.90 bits per heavy atom. The van der Waals surface area contributed by atoms with Gasteiger partial charge in [0.2, 0.25) is 0 Å². The summed E-state index contributed by atoms with van der Waals surface area (Å²) in [6.07, 6.45) is 3.12. The molecule has 0 fully saturated rings. The molecule has 0 aliphatic heterocycles. The number of ether oxygens (including phenoxy) is 1. The van der Waals surface area contributed by atoms with Crippen LogP contribution in [0.3, 0.4) is 0 Å². The molecule has 1 amide bonds. The quantitative estimate of drug-likeness (QED) is 0.519. The van der Waals surface area contributed by atoms with Crippen molar-refractivity contribution in [2.45, 2.75) is 19.6 Å². The van der Waals surface area contributed by atoms with E-state index in [1.807, 2.05) is 61.5 Å². The summed E-state index contributed by atoms with van der Waals surface area (Å²) in [5.41, 5.74) is 1.88. The molecule has 0 aliphatic rings. The maximum atomic E-state index is 12.5. The summed E-state index contributed by atoms with van der Waals surface area (Å²) in [4.78, 5) is 16.4. The van der Waals surface area contributed by atoms with Gasteiger partial charge < -0.3 is 14.5 Å². The van der Waals surface area contributed by atoms with Gasteiger partial charge in [0.25, 0.3) is 5.91 Å². The summed E-state index contributed by atoms with van der Waals surface area (Å²) in [5, 5.41) is 7.04. The van der Waals surface area contributed by atoms with Crippen molar-refractivity contribution < 1.29 is 13.9 Å². The van der Waals surface area contributed by atoms with Crippen LogP contribution in [0.25, 0.3) is 5.69 Å². The van der Waals surface area contributed by atoms with Gasteiger partial charge in [0.05, 0.1) is 11.7 Å². The van der Waals surface area contributed by atoms with E-state index in [-0.39, 0.29) is 24.3 Å². The van der Waals surface area contributed by atoms with E-state index in [0.29, 0.717) is 5.76 Å². The number of furan rings is 1. The van der Waals surface area contributed by atoms with Crippen LogP contribution in [-0.2, 0) is 6.61 Å². The molecule has 1 atom stereocenters. The Balaban J connectivity index is 1.34. The average molecular weight is 388 g/mol. The van der Waals surface area contributed by atoms with Gasteiger partial charge in [-0.05, 0) is 48.9 Å². The molecule has 7 heteroatoms. The number of rotatable bonds is 7. The minimum Gasteiger partial charge on any atom is -0.486 e. The molecule has 29 heavy (non-hydrogen) atoms. The fraction of sp³-hybridized carbons (Fsp3) is 0.136. The average Bonchev–Trinajstić information content (AvgIpc) is 3.45. The number of hydrogen-bond donors (Lipinski definition) is 1. The molecule has 0 spiro atoms. The lowest BCUT2D eigenvalue weighted by atomic mass is 10.1. The molecule has 0 unspecified atom stereocenters. The van der Waals surface area contributed by atoms with Crippen molar-refractivity contribution in [1.29, 1.82) is 0 Å². The van der Waals surface area contributed by atoms with Crippen molar-refractivity contribution >= 4 is 5.91 Å². The van der Waals surface area contributed by atoms with E-state index in [0.717, 1.165) is 17.0 Å². The first-order valence-electron chi connectivity index (χ1n) is 9.21. The fourth-order valence-corrected chi connectivity index (χ4v) is 2.86. The van der Waals surface area contributed by atoms with Crippen LogP contribution in [0.5, 0.6) is 5.75 Å². The highest BCUT2D eigenvalue weighted by atomic mass is 16.5. The summed E-state index contributed by atoms with van der Waals surface area (Å²) in [7, 11) is 0. The first-order chi connectivity index (χ1) is 14.2. The zero-order chi connectivity index (χ0) is 20.1. The molecular formula is C22H20N4O3. The second-order valence-electron chi connectivity index (χ2n) is 6.49. The van der Waals surface area contributed by atoms with Crippen molar-refractivity contribution in [3.63, 3.8) is 0 Å². The highest BCUT2D eigenvalue weighted by Crippen LogP contribution is 2.17. The summed E-state index contributed by atoms with van der Waals surface area (Å²) < 4.78 is 12.9. The second kappa shape index (κ2) is 8.43. The number of hydrogen-bond acceptors (Lipinski definition) is 5. The van der Waals surface area contributed by atoms with Gasteiger partial charge in [-0.25, -0.2) is 9.67 Å². The third-order valence-corrected chi connectivity index (χ3v) is 4.43. The van der Waals surface area contributed by atoms with E-state index < -0.39 is 0 Å². The Morgan fingerprint density at radius 3 is 2.62 bits per heavy atom. The number of para-hydroxylation sites is 1. The normalized spacial score (nSPS) is 11.8. The highest BCUT2D eigenvalue weighted by Gasteiger charge is 2.15. The molecule has 2 aromatic carbocycles. The largest absolute Gasteiger partial charge is 0.486 e. The van der Waals surface area contributed by atoms with Gasteiger partial charge in [-0.1, -0.05) is 30.3 Å². The van der Waals surface area contributed by atoms with Crippen molar-refractivity contribution in [2.24, 2.45) is 0 Å². The monoisotopic (exact) mass is 388 g/mol. The molecule has 146 valence electrons. The third-order valence-electron chi connectivity index (χ3n) is 4.43. The van der Waals surface area contributed by atoms with Crippen molar-refractivity contribution in [3.8, 4) is 11.4 Å². The maximum Gasteiger partial charge on any atom is 0.287 e. The first kappa shape index (κ1) is 18.5. The number of benzene rings is 2. The van der Waals surface area contributed by atoms with Crippen molar-refractivity contribution in [3.05, 3.63) is 96.5 Å². The van der Waals surface area contributed by atoms with Gasteiger partial charge in [-0.2, -0.15) is 5.10 Å². The van der Waals surface area contributed by atoms with E-state index in [2.05, 4.69) is 15.4 Å². The summed E-state index contributed by atoms with van der Waals surface area (Å²) in [6, 6.07) is 20.4. The lowest BCUT2D eigenvalue weighted by molar-refractivity contribution is 0.0907. The molecule has 7 nitrogen and oxygen atoms in total. The molecule has 1 N–H and O–H groups in total. The fourth-order valence-electron chi connectivity index (χ4n) is 2.86. The van der Waals surface area contributed by atoms with Crippen LogP contribution in [0, 0.1) is 0 Å². The van der Waals surface area contributed by atoms with Crippen LogP contribution in [0.2, 0.25) is 0 Å². The summed E-state index contributed by atoms with van der Waals surface area (Å²) in [6.45, 7) is 2.18. The number of aromatic nitrogens is 3. The Bertz CT molecular complexity index is 1060. The van der Waals surface area contributed by atoms with E-state index in [9.17, 15) is 4.79 Å². The first-order valence-corrected chi connectivity index (χ1v) is 9.21. The number of carbonyl (C=O) groups excluding carboxylic acids is 1. The Labute approximate surface area is 168 Å². The molecule has 0 radical (unpaired) electrons. The van der Waals surface area contributed by atoms with Crippen LogP contribution in [0.4, 0.5) is 0 Å². The van der Waals surface area contributed by atoms with Crippen molar-refractivity contribution in [2.75, 3.05) is 0 Å². The zero-order valence-electron chi connectivity index (χ0n) is 15.9. The standard InChI is InChI=1S/C22H20N4O3/c1-16(17-7-9-18(10-8-17)26-15-23-14-24-26)25-22(27)21-12-11-20(29-21)13-28-19-5-3-2-4-6-19/h2-12,14-16H,13H2,1H3,(H,25,27)/t16-/m0/s1. The minimum atomic E-state index is -0.274. The third kappa shape index (κ3) is 4.52. The maximum absolute atomic E-state index is 12.5. The topological polar surface area (TPSA) is 82.2 Å². The van der Waals surface area contributed by atoms with Crippen molar-refractivity contribution in [1.82, 2.24) is 20.1 Å². The lowest BCUT2D eigenvalue weighted by Gasteiger charge is -2.14.